The molecular formula is C13H15FN4S. The van der Waals surface area contributed by atoms with Gasteiger partial charge < -0.3 is 15.6 Å². The topological polar surface area (TPSA) is 55.9 Å². The molecule has 0 spiro atoms. The van der Waals surface area contributed by atoms with Crippen LogP contribution in [0.25, 0.3) is 0 Å². The smallest absolute Gasteiger partial charge is 0.124 e. The van der Waals surface area contributed by atoms with Crippen molar-refractivity contribution >= 4 is 22.9 Å². The summed E-state index contributed by atoms with van der Waals surface area (Å²) in [6.45, 7) is 0.673. The quantitative estimate of drug-likeness (QED) is 0.820. The van der Waals surface area contributed by atoms with E-state index in [-0.39, 0.29) is 10.8 Å². The number of aromatic nitrogens is 2. The van der Waals surface area contributed by atoms with Gasteiger partial charge >= 0.3 is 0 Å². The summed E-state index contributed by atoms with van der Waals surface area (Å²) in [5.74, 6) is 0.629. The van der Waals surface area contributed by atoms with E-state index in [1.807, 2.05) is 17.8 Å². The number of anilines is 1. The Labute approximate surface area is 116 Å². The Morgan fingerprint density at radius 1 is 1.53 bits per heavy atom. The molecule has 0 amide bonds. The van der Waals surface area contributed by atoms with E-state index in [1.165, 1.54) is 12.1 Å². The minimum atomic E-state index is -0.350. The second-order valence-corrected chi connectivity index (χ2v) is 4.63. The maximum Gasteiger partial charge on any atom is 0.124 e. The fourth-order valence-corrected chi connectivity index (χ4v) is 1.99. The Balaban J connectivity index is 2.03. The van der Waals surface area contributed by atoms with Crippen molar-refractivity contribution in [3.05, 3.63) is 47.8 Å². The third kappa shape index (κ3) is 3.29. The highest BCUT2D eigenvalue weighted by atomic mass is 32.1. The number of aryl methyl sites for hydroxylation is 1. The Hall–Kier alpha value is -1.95. The molecule has 1 heterocycles. The lowest BCUT2D eigenvalue weighted by atomic mass is 10.1. The van der Waals surface area contributed by atoms with E-state index >= 15 is 0 Å². The molecule has 2 rings (SSSR count). The molecule has 0 aliphatic rings. The van der Waals surface area contributed by atoms with Crippen LogP contribution in [0.15, 0.2) is 30.6 Å². The summed E-state index contributed by atoms with van der Waals surface area (Å²) in [6, 6.07) is 4.36. The second kappa shape index (κ2) is 5.79. The van der Waals surface area contributed by atoms with Crippen LogP contribution in [0.3, 0.4) is 0 Å². The predicted molar refractivity (Wildman–Crippen MR) is 77.7 cm³/mol. The molecule has 6 heteroatoms. The molecule has 4 nitrogen and oxygen atoms in total. The Kier molecular flexibility index (Phi) is 4.11. The lowest BCUT2D eigenvalue weighted by Crippen LogP contribution is -2.15. The average molecular weight is 278 g/mol. The van der Waals surface area contributed by atoms with Crippen LogP contribution >= 0.6 is 12.2 Å². The molecule has 1 aromatic heterocycles. The van der Waals surface area contributed by atoms with Crippen LogP contribution in [0.1, 0.15) is 11.4 Å². The van der Waals surface area contributed by atoms with Gasteiger partial charge in [-0.3, -0.25) is 0 Å². The van der Waals surface area contributed by atoms with Gasteiger partial charge in [-0.2, -0.15) is 0 Å². The van der Waals surface area contributed by atoms with Gasteiger partial charge in [0.15, 0.2) is 0 Å². The SMILES string of the molecule is Cn1ccnc1CCNc1ccc(F)cc1C(N)=S. The minimum absolute atomic E-state index is 0.180. The normalized spacial score (nSPS) is 10.4. The van der Waals surface area contributed by atoms with Crippen LogP contribution in [0.2, 0.25) is 0 Å². The minimum Gasteiger partial charge on any atom is -0.389 e. The van der Waals surface area contributed by atoms with Gasteiger partial charge in [0.25, 0.3) is 0 Å². The summed E-state index contributed by atoms with van der Waals surface area (Å²) < 4.78 is 15.1. The molecule has 0 radical (unpaired) electrons. The number of hydrogen-bond acceptors (Lipinski definition) is 3. The zero-order chi connectivity index (χ0) is 13.8. The summed E-state index contributed by atoms with van der Waals surface area (Å²) in [6.07, 6.45) is 4.42. The van der Waals surface area contributed by atoms with Crippen molar-refractivity contribution < 1.29 is 4.39 Å². The number of nitrogens with one attached hydrogen (secondary N) is 1. The van der Waals surface area contributed by atoms with E-state index in [9.17, 15) is 4.39 Å². The summed E-state index contributed by atoms with van der Waals surface area (Å²) in [7, 11) is 1.95. The van der Waals surface area contributed by atoms with Gasteiger partial charge in [-0.05, 0) is 18.2 Å². The van der Waals surface area contributed by atoms with E-state index < -0.39 is 0 Å². The highest BCUT2D eigenvalue weighted by Gasteiger charge is 2.07. The first-order valence-corrected chi connectivity index (χ1v) is 6.28. The summed E-state index contributed by atoms with van der Waals surface area (Å²) in [5, 5.41) is 3.20. The van der Waals surface area contributed by atoms with Crippen LogP contribution in [-0.4, -0.2) is 21.1 Å². The Morgan fingerprint density at radius 3 is 2.95 bits per heavy atom. The Bertz CT molecular complexity index is 594. The number of rotatable bonds is 5. The third-order valence-electron chi connectivity index (χ3n) is 2.83. The van der Waals surface area contributed by atoms with Gasteiger partial charge in [0.2, 0.25) is 0 Å². The van der Waals surface area contributed by atoms with Gasteiger partial charge in [0, 0.05) is 43.7 Å². The highest BCUT2D eigenvalue weighted by Crippen LogP contribution is 2.17. The van der Waals surface area contributed by atoms with Crippen molar-refractivity contribution in [2.45, 2.75) is 6.42 Å². The van der Waals surface area contributed by atoms with Gasteiger partial charge in [0.1, 0.15) is 16.6 Å². The first-order chi connectivity index (χ1) is 9.08. The lowest BCUT2D eigenvalue weighted by Gasteiger charge is -2.11. The number of halogens is 1. The number of nitrogens with two attached hydrogens (primary N) is 1. The van der Waals surface area contributed by atoms with Crippen LogP contribution in [0.4, 0.5) is 10.1 Å². The molecule has 1 aromatic carbocycles. The van der Waals surface area contributed by atoms with E-state index in [2.05, 4.69) is 10.3 Å². The van der Waals surface area contributed by atoms with Crippen LogP contribution in [0.5, 0.6) is 0 Å². The van der Waals surface area contributed by atoms with Crippen molar-refractivity contribution in [1.29, 1.82) is 0 Å². The molecule has 0 bridgehead atoms. The molecule has 3 N–H and O–H groups in total. The summed E-state index contributed by atoms with van der Waals surface area (Å²) in [4.78, 5) is 4.41. The zero-order valence-corrected chi connectivity index (χ0v) is 11.4. The second-order valence-electron chi connectivity index (χ2n) is 4.19. The highest BCUT2D eigenvalue weighted by molar-refractivity contribution is 7.80. The molecule has 19 heavy (non-hydrogen) atoms. The fraction of sp³-hybridized carbons (Fsp3) is 0.231. The first-order valence-electron chi connectivity index (χ1n) is 5.87. The summed E-state index contributed by atoms with van der Waals surface area (Å²) >= 11 is 4.91. The molecule has 2 aromatic rings. The van der Waals surface area contributed by atoms with E-state index in [0.29, 0.717) is 12.1 Å². The van der Waals surface area contributed by atoms with Crippen molar-refractivity contribution in [3.63, 3.8) is 0 Å². The maximum absolute atomic E-state index is 13.1. The van der Waals surface area contributed by atoms with Crippen molar-refractivity contribution in [1.82, 2.24) is 9.55 Å². The number of hydrogen-bond donors (Lipinski definition) is 2. The molecule has 100 valence electrons. The van der Waals surface area contributed by atoms with Crippen molar-refractivity contribution in [3.8, 4) is 0 Å². The van der Waals surface area contributed by atoms with Crippen molar-refractivity contribution in [2.24, 2.45) is 12.8 Å². The van der Waals surface area contributed by atoms with Gasteiger partial charge in [0.05, 0.1) is 0 Å². The number of nitrogens with zero attached hydrogens (tertiary/aromatic N) is 2. The van der Waals surface area contributed by atoms with E-state index in [4.69, 9.17) is 18.0 Å². The van der Waals surface area contributed by atoms with Crippen LogP contribution < -0.4 is 11.1 Å². The van der Waals surface area contributed by atoms with Crippen LogP contribution in [-0.2, 0) is 13.5 Å². The maximum atomic E-state index is 13.1. The van der Waals surface area contributed by atoms with Crippen molar-refractivity contribution in [2.75, 3.05) is 11.9 Å². The lowest BCUT2D eigenvalue weighted by molar-refractivity contribution is 0.627. The third-order valence-corrected chi connectivity index (χ3v) is 3.05. The molecule has 0 fully saturated rings. The zero-order valence-electron chi connectivity index (χ0n) is 10.6. The molecule has 0 atom stereocenters. The number of benzene rings is 1. The predicted octanol–water partition coefficient (Wildman–Crippen LogP) is 1.85. The molecule has 0 saturated heterocycles. The fourth-order valence-electron chi connectivity index (χ4n) is 1.82. The van der Waals surface area contributed by atoms with Gasteiger partial charge in [-0.25, -0.2) is 9.37 Å². The largest absolute Gasteiger partial charge is 0.389 e. The van der Waals surface area contributed by atoms with E-state index in [0.717, 1.165) is 17.9 Å². The average Bonchev–Trinajstić information content (AvgIpc) is 2.77. The van der Waals surface area contributed by atoms with Gasteiger partial charge in [-0.1, -0.05) is 12.2 Å². The molecule has 0 aliphatic heterocycles. The van der Waals surface area contributed by atoms with E-state index in [1.54, 1.807) is 12.3 Å². The van der Waals surface area contributed by atoms with Gasteiger partial charge in [-0.15, -0.1) is 0 Å². The standard InChI is InChI=1S/C13H15FN4S/c1-18-7-6-17-12(18)4-5-16-11-3-2-9(14)8-10(11)13(15)19/h2-3,6-8,16H,4-5H2,1H3,(H2,15,19). The summed E-state index contributed by atoms with van der Waals surface area (Å²) in [5.41, 5.74) is 6.84. The monoisotopic (exact) mass is 278 g/mol. The number of imidazole rings is 1. The Morgan fingerprint density at radius 2 is 2.32 bits per heavy atom. The van der Waals surface area contributed by atoms with Crippen LogP contribution in [0, 0.1) is 5.82 Å². The number of thiocarbonyl (C=S) groups is 1. The molecule has 0 aliphatic carbocycles. The first kappa shape index (κ1) is 13.5. The molecule has 0 unspecified atom stereocenters. The molecular weight excluding hydrogens is 263 g/mol. The molecule has 0 saturated carbocycles.